The highest BCUT2D eigenvalue weighted by atomic mass is 16.6. The number of hydrogen-bond donors (Lipinski definition) is 2. The van der Waals surface area contributed by atoms with Crippen LogP contribution in [0.2, 0.25) is 0 Å². The first kappa shape index (κ1) is 19.7. The third-order valence-electron chi connectivity index (χ3n) is 3.83. The van der Waals surface area contributed by atoms with Gasteiger partial charge in [0.25, 0.3) is 11.6 Å². The van der Waals surface area contributed by atoms with Gasteiger partial charge in [0, 0.05) is 17.7 Å². The number of amides is 1. The van der Waals surface area contributed by atoms with Crippen molar-refractivity contribution in [1.82, 2.24) is 15.6 Å². The number of aromatic amines is 1. The van der Waals surface area contributed by atoms with Gasteiger partial charge in [-0.2, -0.15) is 10.2 Å². The summed E-state index contributed by atoms with van der Waals surface area (Å²) in [5.74, 6) is 0.305. The van der Waals surface area contributed by atoms with Gasteiger partial charge >= 0.3 is 0 Å². The molecule has 9 nitrogen and oxygen atoms in total. The molecule has 2 aromatic carbocycles. The molecule has 0 aliphatic carbocycles. The standard InChI is InChI=1S/C20H19N5O4/c1-13(2)29-17-9-5-15(6-10-17)18-11-19(23-22-18)20(26)24-21-12-14-3-7-16(8-4-14)25(27)28/h3-13H,1-2H3,(H,22,23)(H,24,26)/b21-12+. The summed E-state index contributed by atoms with van der Waals surface area (Å²) >= 11 is 0. The third kappa shape index (κ3) is 5.25. The van der Waals surface area contributed by atoms with Crippen molar-refractivity contribution in [3.8, 4) is 17.0 Å². The number of carbonyl (C=O) groups excluding carboxylic acids is 1. The van der Waals surface area contributed by atoms with Crippen LogP contribution in [0.25, 0.3) is 11.3 Å². The van der Waals surface area contributed by atoms with E-state index in [9.17, 15) is 14.9 Å². The minimum Gasteiger partial charge on any atom is -0.491 e. The molecule has 1 aromatic heterocycles. The van der Waals surface area contributed by atoms with E-state index in [0.717, 1.165) is 11.3 Å². The lowest BCUT2D eigenvalue weighted by Gasteiger charge is -2.09. The van der Waals surface area contributed by atoms with Gasteiger partial charge in [0.1, 0.15) is 11.4 Å². The second-order valence-electron chi connectivity index (χ2n) is 6.41. The molecule has 148 valence electrons. The Hall–Kier alpha value is -4.01. The van der Waals surface area contributed by atoms with Gasteiger partial charge in [-0.05, 0) is 61.9 Å². The van der Waals surface area contributed by atoms with E-state index in [4.69, 9.17) is 4.74 Å². The quantitative estimate of drug-likeness (QED) is 0.361. The summed E-state index contributed by atoms with van der Waals surface area (Å²) in [6.07, 6.45) is 1.49. The average Bonchev–Trinajstić information content (AvgIpc) is 3.19. The van der Waals surface area contributed by atoms with E-state index in [1.165, 1.54) is 30.5 Å². The van der Waals surface area contributed by atoms with E-state index >= 15 is 0 Å². The minimum atomic E-state index is -0.483. The van der Waals surface area contributed by atoms with Crippen molar-refractivity contribution in [3.63, 3.8) is 0 Å². The fourth-order valence-electron chi connectivity index (χ4n) is 2.47. The Morgan fingerprint density at radius 3 is 2.52 bits per heavy atom. The highest BCUT2D eigenvalue weighted by Gasteiger charge is 2.11. The molecule has 0 unspecified atom stereocenters. The molecule has 0 saturated carbocycles. The largest absolute Gasteiger partial charge is 0.491 e. The smallest absolute Gasteiger partial charge is 0.289 e. The fourth-order valence-corrected chi connectivity index (χ4v) is 2.47. The highest BCUT2D eigenvalue weighted by Crippen LogP contribution is 2.22. The molecule has 2 N–H and O–H groups in total. The molecule has 0 saturated heterocycles. The van der Waals surface area contributed by atoms with Gasteiger partial charge in [-0.25, -0.2) is 5.43 Å². The molecule has 9 heteroatoms. The monoisotopic (exact) mass is 393 g/mol. The van der Waals surface area contributed by atoms with Crippen molar-refractivity contribution in [2.24, 2.45) is 5.10 Å². The lowest BCUT2D eigenvalue weighted by molar-refractivity contribution is -0.384. The summed E-state index contributed by atoms with van der Waals surface area (Å²) < 4.78 is 5.61. The van der Waals surface area contributed by atoms with Crippen LogP contribution in [0.5, 0.6) is 5.75 Å². The number of nitro groups is 1. The number of ether oxygens (including phenoxy) is 1. The first-order chi connectivity index (χ1) is 13.9. The number of rotatable bonds is 7. The average molecular weight is 393 g/mol. The molecule has 1 heterocycles. The second-order valence-corrected chi connectivity index (χ2v) is 6.41. The lowest BCUT2D eigenvalue weighted by atomic mass is 10.1. The molecule has 0 aliphatic heterocycles. The van der Waals surface area contributed by atoms with Crippen molar-refractivity contribution in [2.75, 3.05) is 0 Å². The van der Waals surface area contributed by atoms with Gasteiger partial charge in [-0.1, -0.05) is 0 Å². The van der Waals surface area contributed by atoms with Crippen LogP contribution in [-0.2, 0) is 0 Å². The summed E-state index contributed by atoms with van der Waals surface area (Å²) in [5.41, 5.74) is 4.70. The maximum absolute atomic E-state index is 12.2. The van der Waals surface area contributed by atoms with Crippen molar-refractivity contribution in [1.29, 1.82) is 0 Å². The number of benzene rings is 2. The molecule has 3 rings (SSSR count). The number of nitrogens with zero attached hydrogens (tertiary/aromatic N) is 3. The van der Waals surface area contributed by atoms with Crippen LogP contribution in [0, 0.1) is 10.1 Å². The number of carbonyl (C=O) groups is 1. The molecule has 0 radical (unpaired) electrons. The Labute approximate surface area is 166 Å². The molecule has 1 amide bonds. The molecule has 0 spiro atoms. The van der Waals surface area contributed by atoms with Crippen LogP contribution in [0.3, 0.4) is 0 Å². The molecule has 0 aliphatic rings. The number of hydrogen-bond acceptors (Lipinski definition) is 6. The van der Waals surface area contributed by atoms with E-state index in [1.54, 1.807) is 6.07 Å². The molecule has 3 aromatic rings. The van der Waals surface area contributed by atoms with Gasteiger partial charge in [-0.3, -0.25) is 20.0 Å². The zero-order valence-corrected chi connectivity index (χ0v) is 15.8. The van der Waals surface area contributed by atoms with Crippen LogP contribution >= 0.6 is 0 Å². The normalized spacial score (nSPS) is 11.0. The number of nitro benzene ring substituents is 1. The first-order valence-electron chi connectivity index (χ1n) is 8.83. The number of aromatic nitrogens is 2. The summed E-state index contributed by atoms with van der Waals surface area (Å²) in [4.78, 5) is 22.3. The van der Waals surface area contributed by atoms with Crippen LogP contribution in [0.1, 0.15) is 29.9 Å². The SMILES string of the molecule is CC(C)Oc1ccc(-c2cc(C(=O)N/N=C/c3ccc([N+](=O)[O-])cc3)[nH]n2)cc1. The zero-order chi connectivity index (χ0) is 20.8. The maximum atomic E-state index is 12.2. The van der Waals surface area contributed by atoms with Gasteiger partial charge in [0.05, 0.1) is 22.9 Å². The number of H-pyrrole nitrogens is 1. The number of hydrazone groups is 1. The molecule has 0 atom stereocenters. The molecular formula is C20H19N5O4. The summed E-state index contributed by atoms with van der Waals surface area (Å²) in [6.45, 7) is 3.91. The Morgan fingerprint density at radius 1 is 1.21 bits per heavy atom. The van der Waals surface area contributed by atoms with Crippen molar-refractivity contribution in [3.05, 3.63) is 76.0 Å². The molecule has 0 fully saturated rings. The number of non-ortho nitro benzene ring substituents is 1. The Morgan fingerprint density at radius 2 is 1.90 bits per heavy atom. The minimum absolute atomic E-state index is 0.0139. The van der Waals surface area contributed by atoms with E-state index in [0.29, 0.717) is 11.3 Å². The van der Waals surface area contributed by atoms with Crippen molar-refractivity contribution >= 4 is 17.8 Å². The van der Waals surface area contributed by atoms with E-state index < -0.39 is 10.8 Å². The predicted molar refractivity (Wildman–Crippen MR) is 108 cm³/mol. The van der Waals surface area contributed by atoms with Crippen LogP contribution in [0.4, 0.5) is 5.69 Å². The number of nitrogens with one attached hydrogen (secondary N) is 2. The Balaban J connectivity index is 1.61. The summed E-state index contributed by atoms with van der Waals surface area (Å²) in [5, 5.41) is 21.3. The van der Waals surface area contributed by atoms with Crippen molar-refractivity contribution in [2.45, 2.75) is 20.0 Å². The molecular weight excluding hydrogens is 374 g/mol. The van der Waals surface area contributed by atoms with Gasteiger partial charge in [0.2, 0.25) is 0 Å². The summed E-state index contributed by atoms with van der Waals surface area (Å²) in [6, 6.07) is 14.8. The molecule has 0 bridgehead atoms. The van der Waals surface area contributed by atoms with E-state index in [1.807, 2.05) is 38.1 Å². The fraction of sp³-hybridized carbons (Fsp3) is 0.150. The maximum Gasteiger partial charge on any atom is 0.289 e. The first-order valence-corrected chi connectivity index (χ1v) is 8.83. The van der Waals surface area contributed by atoms with Crippen LogP contribution < -0.4 is 10.2 Å². The van der Waals surface area contributed by atoms with E-state index in [2.05, 4.69) is 20.7 Å². The predicted octanol–water partition coefficient (Wildman–Crippen LogP) is 3.54. The lowest BCUT2D eigenvalue weighted by Crippen LogP contribution is -2.17. The van der Waals surface area contributed by atoms with E-state index in [-0.39, 0.29) is 17.5 Å². The summed E-state index contributed by atoms with van der Waals surface area (Å²) in [7, 11) is 0. The van der Waals surface area contributed by atoms with Gasteiger partial charge in [0.15, 0.2) is 0 Å². The van der Waals surface area contributed by atoms with Crippen molar-refractivity contribution < 1.29 is 14.5 Å². The third-order valence-corrected chi connectivity index (χ3v) is 3.83. The van der Waals surface area contributed by atoms with Crippen LogP contribution in [0.15, 0.2) is 59.7 Å². The van der Waals surface area contributed by atoms with Gasteiger partial charge < -0.3 is 4.74 Å². The highest BCUT2D eigenvalue weighted by molar-refractivity contribution is 5.94. The van der Waals surface area contributed by atoms with Crippen LogP contribution in [-0.4, -0.2) is 33.3 Å². The zero-order valence-electron chi connectivity index (χ0n) is 15.8. The Bertz CT molecular complexity index is 1020. The molecule has 29 heavy (non-hydrogen) atoms. The van der Waals surface area contributed by atoms with Gasteiger partial charge in [-0.15, -0.1) is 0 Å². The topological polar surface area (TPSA) is 123 Å². The second kappa shape index (κ2) is 8.79. The Kier molecular flexibility index (Phi) is 5.98.